The molecule has 0 aromatic heterocycles. The van der Waals surface area contributed by atoms with Crippen molar-refractivity contribution in [1.29, 1.82) is 0 Å². The number of hydrogen-bond donors (Lipinski definition) is 0. The second-order valence-corrected chi connectivity index (χ2v) is 12.4. The molecule has 0 radical (unpaired) electrons. The molecule has 1 unspecified atom stereocenters. The molecule has 194 valence electrons. The molecule has 2 heterocycles. The van der Waals surface area contributed by atoms with E-state index in [1.54, 1.807) is 6.92 Å². The Bertz CT molecular complexity index is 1030. The van der Waals surface area contributed by atoms with E-state index < -0.39 is 0 Å². The highest BCUT2D eigenvalue weighted by Gasteiger charge is 2.40. The zero-order valence-corrected chi connectivity index (χ0v) is 23.7. The molecular formula is C30H40BrN3O2. The van der Waals surface area contributed by atoms with Gasteiger partial charge in [0.05, 0.1) is 6.04 Å². The molecule has 6 heteroatoms. The predicted molar refractivity (Wildman–Crippen MR) is 149 cm³/mol. The summed E-state index contributed by atoms with van der Waals surface area (Å²) in [6.45, 7) is 12.4. The summed E-state index contributed by atoms with van der Waals surface area (Å²) >= 11 is 3.58. The third kappa shape index (κ3) is 6.38. The lowest BCUT2D eigenvalue weighted by Gasteiger charge is -2.50. The molecule has 0 aliphatic carbocycles. The monoisotopic (exact) mass is 553 g/mol. The fourth-order valence-electron chi connectivity index (χ4n) is 5.79. The zero-order valence-electron chi connectivity index (χ0n) is 22.1. The number of carbonyl (C=O) groups is 2. The van der Waals surface area contributed by atoms with Crippen molar-refractivity contribution >= 4 is 27.7 Å². The number of rotatable bonds is 5. The van der Waals surface area contributed by atoms with Crippen molar-refractivity contribution in [2.24, 2.45) is 11.3 Å². The van der Waals surface area contributed by atoms with Gasteiger partial charge in [0.2, 0.25) is 11.8 Å². The third-order valence-corrected chi connectivity index (χ3v) is 8.45. The molecule has 2 atom stereocenters. The Morgan fingerprint density at radius 1 is 0.917 bits per heavy atom. The van der Waals surface area contributed by atoms with Gasteiger partial charge < -0.3 is 9.80 Å². The topological polar surface area (TPSA) is 43.9 Å². The SMILES string of the molecule is CC(=O)N1CCC(CC(=O)N2CCN(C(c3ccccc3)c3ccc(Br)cc3)C[C@@H]2C(C)(C)C)CC1. The lowest BCUT2D eigenvalue weighted by molar-refractivity contribution is -0.141. The molecule has 36 heavy (non-hydrogen) atoms. The lowest BCUT2D eigenvalue weighted by atomic mass is 9.82. The van der Waals surface area contributed by atoms with Gasteiger partial charge in [-0.05, 0) is 47.4 Å². The minimum Gasteiger partial charge on any atom is -0.343 e. The van der Waals surface area contributed by atoms with Crippen molar-refractivity contribution in [3.8, 4) is 0 Å². The molecular weight excluding hydrogens is 514 g/mol. The molecule has 2 aliphatic rings. The Labute approximate surface area is 225 Å². The van der Waals surface area contributed by atoms with Gasteiger partial charge >= 0.3 is 0 Å². The number of piperidine rings is 1. The smallest absolute Gasteiger partial charge is 0.223 e. The molecule has 4 rings (SSSR count). The quantitative estimate of drug-likeness (QED) is 0.473. The normalized spacial score (nSPS) is 20.9. The van der Waals surface area contributed by atoms with Gasteiger partial charge in [0.15, 0.2) is 0 Å². The minimum atomic E-state index is -0.0344. The van der Waals surface area contributed by atoms with Gasteiger partial charge in [-0.2, -0.15) is 0 Å². The van der Waals surface area contributed by atoms with E-state index in [0.717, 1.165) is 50.0 Å². The average molecular weight is 555 g/mol. The summed E-state index contributed by atoms with van der Waals surface area (Å²) in [6.07, 6.45) is 2.43. The van der Waals surface area contributed by atoms with Gasteiger partial charge in [0, 0.05) is 56.6 Å². The molecule has 2 fully saturated rings. The van der Waals surface area contributed by atoms with Crippen LogP contribution in [-0.4, -0.2) is 65.3 Å². The van der Waals surface area contributed by atoms with Gasteiger partial charge in [-0.25, -0.2) is 0 Å². The summed E-state index contributed by atoms with van der Waals surface area (Å²) in [7, 11) is 0. The van der Waals surface area contributed by atoms with Crippen LogP contribution >= 0.6 is 15.9 Å². The van der Waals surface area contributed by atoms with Gasteiger partial charge in [0.25, 0.3) is 0 Å². The Morgan fingerprint density at radius 2 is 1.53 bits per heavy atom. The third-order valence-electron chi connectivity index (χ3n) is 7.92. The van der Waals surface area contributed by atoms with Crippen molar-refractivity contribution < 1.29 is 9.59 Å². The molecule has 2 amide bonds. The van der Waals surface area contributed by atoms with Gasteiger partial charge in [0.1, 0.15) is 0 Å². The van der Waals surface area contributed by atoms with Crippen LogP contribution in [0.15, 0.2) is 59.1 Å². The van der Waals surface area contributed by atoms with Crippen LogP contribution in [0.1, 0.15) is 64.1 Å². The van der Waals surface area contributed by atoms with Crippen LogP contribution in [0.2, 0.25) is 0 Å². The molecule has 5 nitrogen and oxygen atoms in total. The van der Waals surface area contributed by atoms with E-state index in [2.05, 4.69) is 101 Å². The molecule has 0 N–H and O–H groups in total. The minimum absolute atomic E-state index is 0.0344. The predicted octanol–water partition coefficient (Wildman–Crippen LogP) is 5.75. The Hall–Kier alpha value is -2.18. The second kappa shape index (κ2) is 11.5. The number of likely N-dealkylation sites (tertiary alicyclic amines) is 1. The van der Waals surface area contributed by atoms with Gasteiger partial charge in [-0.1, -0.05) is 79.2 Å². The molecule has 0 saturated carbocycles. The van der Waals surface area contributed by atoms with Crippen LogP contribution in [0.25, 0.3) is 0 Å². The van der Waals surface area contributed by atoms with Crippen molar-refractivity contribution in [2.75, 3.05) is 32.7 Å². The van der Waals surface area contributed by atoms with E-state index in [4.69, 9.17) is 0 Å². The van der Waals surface area contributed by atoms with Gasteiger partial charge in [-0.15, -0.1) is 0 Å². The first-order valence-corrected chi connectivity index (χ1v) is 14.0. The zero-order chi connectivity index (χ0) is 25.9. The lowest BCUT2D eigenvalue weighted by Crippen LogP contribution is -2.60. The van der Waals surface area contributed by atoms with Crippen molar-refractivity contribution in [2.45, 2.75) is 59.0 Å². The highest BCUT2D eigenvalue weighted by molar-refractivity contribution is 9.10. The van der Waals surface area contributed by atoms with Crippen LogP contribution in [-0.2, 0) is 9.59 Å². The van der Waals surface area contributed by atoms with E-state index >= 15 is 0 Å². The standard InChI is InChI=1S/C30H40BrN3O2/c1-22(35)32-16-14-23(15-17-32)20-28(36)34-19-18-33(21-27(34)30(2,3)4)29(24-8-6-5-7-9-24)25-10-12-26(31)13-11-25/h5-13,23,27,29H,14-21H2,1-4H3/t27-,29?/m1/s1. The summed E-state index contributed by atoms with van der Waals surface area (Å²) in [6, 6.07) is 19.6. The Morgan fingerprint density at radius 3 is 2.11 bits per heavy atom. The first kappa shape index (κ1) is 26.9. The second-order valence-electron chi connectivity index (χ2n) is 11.5. The molecule has 2 saturated heterocycles. The van der Waals surface area contributed by atoms with Gasteiger partial charge in [-0.3, -0.25) is 14.5 Å². The molecule has 0 spiro atoms. The summed E-state index contributed by atoms with van der Waals surface area (Å²) in [5.74, 6) is 0.782. The van der Waals surface area contributed by atoms with Crippen molar-refractivity contribution in [3.63, 3.8) is 0 Å². The van der Waals surface area contributed by atoms with Crippen LogP contribution in [0.3, 0.4) is 0 Å². The Balaban J connectivity index is 1.52. The number of nitrogens with zero attached hydrogens (tertiary/aromatic N) is 3. The maximum absolute atomic E-state index is 13.6. The largest absolute Gasteiger partial charge is 0.343 e. The van der Waals surface area contributed by atoms with Crippen LogP contribution in [0.5, 0.6) is 0 Å². The number of halogens is 1. The number of hydrogen-bond acceptors (Lipinski definition) is 3. The number of carbonyl (C=O) groups excluding carboxylic acids is 2. The number of benzene rings is 2. The molecule has 0 bridgehead atoms. The summed E-state index contributed by atoms with van der Waals surface area (Å²) < 4.78 is 1.08. The van der Waals surface area contributed by atoms with E-state index in [0.29, 0.717) is 12.3 Å². The fraction of sp³-hybridized carbons (Fsp3) is 0.533. The summed E-state index contributed by atoms with van der Waals surface area (Å²) in [5.41, 5.74) is 2.52. The highest BCUT2D eigenvalue weighted by atomic mass is 79.9. The van der Waals surface area contributed by atoms with E-state index in [9.17, 15) is 9.59 Å². The highest BCUT2D eigenvalue weighted by Crippen LogP contribution is 2.36. The van der Waals surface area contributed by atoms with Crippen LogP contribution in [0, 0.1) is 11.3 Å². The average Bonchev–Trinajstić information content (AvgIpc) is 2.86. The van der Waals surface area contributed by atoms with Crippen LogP contribution in [0.4, 0.5) is 0 Å². The molecule has 2 aromatic rings. The first-order chi connectivity index (χ1) is 17.1. The first-order valence-electron chi connectivity index (χ1n) is 13.2. The maximum Gasteiger partial charge on any atom is 0.223 e. The van der Waals surface area contributed by atoms with E-state index in [1.807, 2.05) is 4.90 Å². The van der Waals surface area contributed by atoms with Crippen molar-refractivity contribution in [3.05, 3.63) is 70.2 Å². The maximum atomic E-state index is 13.6. The van der Waals surface area contributed by atoms with Crippen molar-refractivity contribution in [1.82, 2.24) is 14.7 Å². The summed E-state index contributed by atoms with van der Waals surface area (Å²) in [4.78, 5) is 31.9. The van der Waals surface area contributed by atoms with E-state index in [-0.39, 0.29) is 29.3 Å². The number of piperazine rings is 1. The van der Waals surface area contributed by atoms with Crippen LogP contribution < -0.4 is 0 Å². The Kier molecular flexibility index (Phi) is 8.56. The summed E-state index contributed by atoms with van der Waals surface area (Å²) in [5, 5.41) is 0. The molecule has 2 aliphatic heterocycles. The fourth-order valence-corrected chi connectivity index (χ4v) is 6.05. The molecule has 2 aromatic carbocycles. The van der Waals surface area contributed by atoms with E-state index in [1.165, 1.54) is 11.1 Å². The number of amides is 2.